The molecule has 0 unspecified atom stereocenters. The lowest BCUT2D eigenvalue weighted by Gasteiger charge is -2.34. The van der Waals surface area contributed by atoms with E-state index in [2.05, 4.69) is 30.5 Å². The molecule has 4 heterocycles. The Morgan fingerprint density at radius 3 is 2.32 bits per heavy atom. The molecule has 3 aliphatic rings. The first kappa shape index (κ1) is 26.5. The number of nitrogens with one attached hydrogen (secondary N) is 2. The molecule has 1 amide bonds. The van der Waals surface area contributed by atoms with Gasteiger partial charge in [-0.3, -0.25) is 4.79 Å². The highest BCUT2D eigenvalue weighted by atomic mass is 19.3. The molecule has 38 heavy (non-hydrogen) atoms. The highest BCUT2D eigenvalue weighted by molar-refractivity contribution is 6.07. The van der Waals surface area contributed by atoms with Crippen LogP contribution in [0.1, 0.15) is 68.4 Å². The van der Waals surface area contributed by atoms with Crippen LogP contribution in [0.4, 0.5) is 32.3 Å². The molecule has 2 aliphatic heterocycles. The first-order chi connectivity index (χ1) is 18.0. The van der Waals surface area contributed by atoms with Crippen molar-refractivity contribution in [2.45, 2.75) is 70.8 Å². The molecule has 5 rings (SSSR count). The monoisotopic (exact) mass is 530 g/mol. The Hall–Kier alpha value is -3.15. The molecule has 3 N–H and O–H groups in total. The highest BCUT2D eigenvalue weighted by Crippen LogP contribution is 2.54. The predicted molar refractivity (Wildman–Crippen MR) is 141 cm³/mol. The second-order valence-electron chi connectivity index (χ2n) is 11.6. The number of alkyl halides is 2. The number of halogens is 2. The number of aliphatic hydroxyl groups excluding tert-OH is 1. The van der Waals surface area contributed by atoms with Crippen LogP contribution >= 0.6 is 0 Å². The number of aryl methyl sites for hydroxylation is 1. The molecule has 0 aromatic carbocycles. The third-order valence-electron chi connectivity index (χ3n) is 7.80. The molecule has 1 aliphatic carbocycles. The first-order valence-electron chi connectivity index (χ1n) is 13.3. The minimum Gasteiger partial charge on any atom is -0.394 e. The van der Waals surface area contributed by atoms with Crippen LogP contribution < -0.4 is 20.4 Å². The molecular weight excluding hydrogens is 494 g/mol. The maximum absolute atomic E-state index is 13.6. The van der Waals surface area contributed by atoms with Crippen LogP contribution in [0.25, 0.3) is 0 Å². The van der Waals surface area contributed by atoms with Gasteiger partial charge in [0.05, 0.1) is 12.1 Å². The van der Waals surface area contributed by atoms with Gasteiger partial charge in [-0.15, -0.1) is 0 Å². The minimum atomic E-state index is -2.67. The summed E-state index contributed by atoms with van der Waals surface area (Å²) in [5, 5.41) is 15.7. The van der Waals surface area contributed by atoms with Crippen LogP contribution in [0, 0.1) is 12.3 Å². The van der Waals surface area contributed by atoms with Gasteiger partial charge in [0.1, 0.15) is 17.2 Å². The number of carbonyl (C=O) groups is 1. The topological polar surface area (TPSA) is 119 Å². The molecule has 0 bridgehead atoms. The molecule has 0 atom stereocenters. The SMILES string of the molecule is Cc1cc(NC(=O)c2cnc(NC(C)(C)CO)nc2N2CCC3(CC2)CC3)nc(N2CCC(F)(F)CC2)n1. The summed E-state index contributed by atoms with van der Waals surface area (Å²) < 4.78 is 27.3. The van der Waals surface area contributed by atoms with Crippen molar-refractivity contribution >= 4 is 29.4 Å². The van der Waals surface area contributed by atoms with Crippen molar-refractivity contribution in [2.75, 3.05) is 53.2 Å². The van der Waals surface area contributed by atoms with Crippen LogP contribution in [0.15, 0.2) is 12.3 Å². The van der Waals surface area contributed by atoms with Crippen LogP contribution in [-0.2, 0) is 0 Å². The fourth-order valence-electron chi connectivity index (χ4n) is 5.02. The number of piperidine rings is 2. The standard InChI is InChI=1S/C26H36F2N8O2/c1-17-14-19(32-23(30-17)36-12-8-26(27,28)9-13-36)31-21(38)18-15-29-22(34-24(2,3)16-37)33-20(18)35-10-6-25(4-5-25)7-11-35/h14-15,37H,4-13,16H2,1-3H3,(H,29,33,34)(H,30,31,32,38). The molecule has 1 saturated carbocycles. The van der Waals surface area contributed by atoms with Crippen molar-refractivity contribution in [3.05, 3.63) is 23.5 Å². The summed E-state index contributed by atoms with van der Waals surface area (Å²) in [6, 6.07) is 1.65. The third kappa shape index (κ3) is 5.95. The molecule has 1 spiro atoms. The van der Waals surface area contributed by atoms with Crippen molar-refractivity contribution in [1.29, 1.82) is 0 Å². The van der Waals surface area contributed by atoms with E-state index in [1.807, 2.05) is 13.8 Å². The van der Waals surface area contributed by atoms with Gasteiger partial charge in [0.25, 0.3) is 11.8 Å². The van der Waals surface area contributed by atoms with Crippen molar-refractivity contribution in [2.24, 2.45) is 5.41 Å². The van der Waals surface area contributed by atoms with Gasteiger partial charge in [-0.25, -0.2) is 18.7 Å². The van der Waals surface area contributed by atoms with E-state index in [0.29, 0.717) is 40.2 Å². The molecule has 3 fully saturated rings. The number of nitrogens with zero attached hydrogens (tertiary/aromatic N) is 6. The van der Waals surface area contributed by atoms with Crippen molar-refractivity contribution < 1.29 is 18.7 Å². The summed E-state index contributed by atoms with van der Waals surface area (Å²) in [5.74, 6) is -1.59. The van der Waals surface area contributed by atoms with Gasteiger partial charge < -0.3 is 25.5 Å². The average molecular weight is 531 g/mol. The van der Waals surface area contributed by atoms with Gasteiger partial charge in [0.15, 0.2) is 0 Å². The number of amides is 1. The predicted octanol–water partition coefficient (Wildman–Crippen LogP) is 3.63. The zero-order chi connectivity index (χ0) is 27.1. The van der Waals surface area contributed by atoms with Crippen LogP contribution in [-0.4, -0.2) is 75.2 Å². The number of anilines is 4. The van der Waals surface area contributed by atoms with E-state index in [1.54, 1.807) is 17.9 Å². The molecule has 12 heteroatoms. The lowest BCUT2D eigenvalue weighted by atomic mass is 9.93. The number of carbonyl (C=O) groups excluding carboxylic acids is 1. The average Bonchev–Trinajstić information content (AvgIpc) is 3.62. The molecule has 0 radical (unpaired) electrons. The molecule has 2 aromatic rings. The summed E-state index contributed by atoms with van der Waals surface area (Å²) >= 11 is 0. The van der Waals surface area contributed by atoms with Gasteiger partial charge in [-0.05, 0) is 51.9 Å². The van der Waals surface area contributed by atoms with Gasteiger partial charge in [-0.1, -0.05) is 0 Å². The lowest BCUT2D eigenvalue weighted by Crippen LogP contribution is -2.40. The molecular formula is C26H36F2N8O2. The zero-order valence-corrected chi connectivity index (χ0v) is 22.2. The molecule has 206 valence electrons. The highest BCUT2D eigenvalue weighted by Gasteiger charge is 2.45. The molecule has 10 nitrogen and oxygen atoms in total. The minimum absolute atomic E-state index is 0.107. The number of hydrogen-bond acceptors (Lipinski definition) is 9. The molecule has 2 aromatic heterocycles. The Morgan fingerprint density at radius 1 is 1.03 bits per heavy atom. The Bertz CT molecular complexity index is 1180. The van der Waals surface area contributed by atoms with E-state index in [1.165, 1.54) is 19.0 Å². The Morgan fingerprint density at radius 2 is 1.68 bits per heavy atom. The smallest absolute Gasteiger partial charge is 0.262 e. The number of aromatic nitrogens is 4. The van der Waals surface area contributed by atoms with Gasteiger partial charge in [-0.2, -0.15) is 9.97 Å². The second-order valence-corrected chi connectivity index (χ2v) is 11.6. The van der Waals surface area contributed by atoms with E-state index < -0.39 is 17.4 Å². The van der Waals surface area contributed by atoms with E-state index in [9.17, 15) is 18.7 Å². The Kier molecular flexibility index (Phi) is 6.87. The number of aliphatic hydroxyl groups is 1. The fourth-order valence-corrected chi connectivity index (χ4v) is 5.02. The van der Waals surface area contributed by atoms with Crippen molar-refractivity contribution in [3.63, 3.8) is 0 Å². The summed E-state index contributed by atoms with van der Waals surface area (Å²) in [7, 11) is 0. The van der Waals surface area contributed by atoms with E-state index >= 15 is 0 Å². The summed E-state index contributed by atoms with van der Waals surface area (Å²) in [6.45, 7) is 7.25. The summed E-state index contributed by atoms with van der Waals surface area (Å²) in [5.41, 5.74) is 0.767. The van der Waals surface area contributed by atoms with Crippen LogP contribution in [0.3, 0.4) is 0 Å². The third-order valence-corrected chi connectivity index (χ3v) is 7.80. The van der Waals surface area contributed by atoms with Gasteiger partial charge in [0.2, 0.25) is 11.9 Å². The summed E-state index contributed by atoms with van der Waals surface area (Å²) in [6.07, 6.45) is 5.64. The quantitative estimate of drug-likeness (QED) is 0.493. The van der Waals surface area contributed by atoms with E-state index in [0.717, 1.165) is 25.9 Å². The van der Waals surface area contributed by atoms with Crippen LogP contribution in [0.5, 0.6) is 0 Å². The molecule has 2 saturated heterocycles. The normalized spacial score (nSPS) is 20.4. The fraction of sp³-hybridized carbons (Fsp3) is 0.654. The second kappa shape index (κ2) is 9.87. The lowest BCUT2D eigenvalue weighted by molar-refractivity contribution is -0.0222. The Balaban J connectivity index is 1.38. The Labute approximate surface area is 221 Å². The van der Waals surface area contributed by atoms with E-state index in [-0.39, 0.29) is 32.5 Å². The summed E-state index contributed by atoms with van der Waals surface area (Å²) in [4.78, 5) is 35.3. The van der Waals surface area contributed by atoms with Gasteiger partial charge >= 0.3 is 0 Å². The number of hydrogen-bond donors (Lipinski definition) is 3. The maximum Gasteiger partial charge on any atom is 0.262 e. The maximum atomic E-state index is 13.6. The van der Waals surface area contributed by atoms with Crippen molar-refractivity contribution in [3.8, 4) is 0 Å². The number of rotatable bonds is 7. The largest absolute Gasteiger partial charge is 0.394 e. The van der Waals surface area contributed by atoms with E-state index in [4.69, 9.17) is 4.98 Å². The zero-order valence-electron chi connectivity index (χ0n) is 22.2. The van der Waals surface area contributed by atoms with Gasteiger partial charge in [0, 0.05) is 57.0 Å². The first-order valence-corrected chi connectivity index (χ1v) is 13.3. The van der Waals surface area contributed by atoms with Crippen LogP contribution in [0.2, 0.25) is 0 Å². The van der Waals surface area contributed by atoms with Crippen molar-refractivity contribution in [1.82, 2.24) is 19.9 Å².